The maximum atomic E-state index is 11.4. The minimum atomic E-state index is 0.135. The van der Waals surface area contributed by atoms with Crippen molar-refractivity contribution in [1.29, 1.82) is 0 Å². The first-order valence-electron chi connectivity index (χ1n) is 7.71. The van der Waals surface area contributed by atoms with Crippen LogP contribution in [0.5, 0.6) is 0 Å². The fourth-order valence-corrected chi connectivity index (χ4v) is 3.03. The van der Waals surface area contributed by atoms with Crippen LogP contribution >= 0.6 is 0 Å². The summed E-state index contributed by atoms with van der Waals surface area (Å²) in [5.74, 6) is 0.825. The molecule has 0 radical (unpaired) electrons. The van der Waals surface area contributed by atoms with E-state index in [0.717, 1.165) is 37.0 Å². The number of rotatable bonds is 2. The average Bonchev–Trinajstić information content (AvgIpc) is 3.06. The number of nitrogens with one attached hydrogen (secondary N) is 1. The summed E-state index contributed by atoms with van der Waals surface area (Å²) in [6, 6.07) is 8.04. The van der Waals surface area contributed by atoms with Crippen LogP contribution in [-0.4, -0.2) is 55.0 Å². The van der Waals surface area contributed by atoms with Gasteiger partial charge in [0.25, 0.3) is 0 Å². The largest absolute Gasteiger partial charge is 0.364 e. The highest BCUT2D eigenvalue weighted by Crippen LogP contribution is 2.21. The van der Waals surface area contributed by atoms with Crippen LogP contribution in [0.1, 0.15) is 19.8 Å². The predicted octanol–water partition coefficient (Wildman–Crippen LogP) is 1.10. The van der Waals surface area contributed by atoms with Crippen molar-refractivity contribution >= 4 is 28.4 Å². The zero-order valence-electron chi connectivity index (χ0n) is 12.8. The summed E-state index contributed by atoms with van der Waals surface area (Å²) in [5.41, 5.74) is 2.35. The summed E-state index contributed by atoms with van der Waals surface area (Å²) in [5, 5.41) is 15.4. The van der Waals surface area contributed by atoms with E-state index < -0.39 is 0 Å². The van der Waals surface area contributed by atoms with E-state index in [-0.39, 0.29) is 11.9 Å². The molecule has 1 fully saturated rings. The Morgan fingerprint density at radius 3 is 2.83 bits per heavy atom. The predicted molar refractivity (Wildman–Crippen MR) is 85.0 cm³/mol. The lowest BCUT2D eigenvalue weighted by Gasteiger charge is -2.31. The number of likely N-dealkylation sites (tertiary alicyclic amines) is 1. The van der Waals surface area contributed by atoms with Crippen molar-refractivity contribution in [2.75, 3.05) is 18.4 Å². The summed E-state index contributed by atoms with van der Waals surface area (Å²) in [7, 11) is 0. The second kappa shape index (κ2) is 5.45. The lowest BCUT2D eigenvalue weighted by atomic mass is 10.1. The van der Waals surface area contributed by atoms with Crippen LogP contribution in [0.3, 0.4) is 0 Å². The van der Waals surface area contributed by atoms with Crippen LogP contribution in [0.2, 0.25) is 0 Å². The highest BCUT2D eigenvalue weighted by molar-refractivity contribution is 5.82. The molecule has 4 rings (SSSR count). The summed E-state index contributed by atoms with van der Waals surface area (Å²) < 4.78 is 1.70. The molecule has 2 aromatic heterocycles. The lowest BCUT2D eigenvalue weighted by molar-refractivity contribution is -0.129. The molecule has 1 aromatic carbocycles. The zero-order chi connectivity index (χ0) is 15.8. The Labute approximate surface area is 132 Å². The molecule has 3 heterocycles. The molecule has 1 saturated heterocycles. The number of aromatic nitrogens is 5. The number of carbonyl (C=O) groups is 1. The fourth-order valence-electron chi connectivity index (χ4n) is 3.03. The van der Waals surface area contributed by atoms with Gasteiger partial charge in [0.05, 0.1) is 11.0 Å². The Morgan fingerprint density at radius 2 is 2.04 bits per heavy atom. The highest BCUT2D eigenvalue weighted by atomic mass is 16.2. The van der Waals surface area contributed by atoms with Crippen molar-refractivity contribution < 1.29 is 4.79 Å². The smallest absolute Gasteiger partial charge is 0.222 e. The number of hydrogen-bond acceptors (Lipinski definition) is 6. The minimum Gasteiger partial charge on any atom is -0.364 e. The summed E-state index contributed by atoms with van der Waals surface area (Å²) in [6.45, 7) is 3.15. The normalized spacial score (nSPS) is 16.1. The Hall–Kier alpha value is -2.77. The maximum Gasteiger partial charge on any atom is 0.222 e. The van der Waals surface area contributed by atoms with Gasteiger partial charge in [0, 0.05) is 26.1 Å². The van der Waals surface area contributed by atoms with Gasteiger partial charge in [0.1, 0.15) is 0 Å². The van der Waals surface area contributed by atoms with Gasteiger partial charge in [0.15, 0.2) is 5.82 Å². The molecule has 23 heavy (non-hydrogen) atoms. The van der Waals surface area contributed by atoms with Gasteiger partial charge in [0.2, 0.25) is 11.6 Å². The van der Waals surface area contributed by atoms with Gasteiger partial charge >= 0.3 is 0 Å². The molecule has 0 aliphatic carbocycles. The molecule has 3 aromatic rings. The number of benzene rings is 1. The van der Waals surface area contributed by atoms with E-state index in [0.29, 0.717) is 11.5 Å². The number of fused-ring (bicyclic) bond motifs is 3. The van der Waals surface area contributed by atoms with Crippen molar-refractivity contribution in [2.45, 2.75) is 25.8 Å². The third kappa shape index (κ3) is 2.45. The number of nitrogens with zero attached hydrogens (tertiary/aromatic N) is 6. The molecule has 118 valence electrons. The average molecular weight is 311 g/mol. The first kappa shape index (κ1) is 13.9. The number of piperidine rings is 1. The lowest BCUT2D eigenvalue weighted by Crippen LogP contribution is -2.41. The van der Waals surface area contributed by atoms with Crippen molar-refractivity contribution in [1.82, 2.24) is 29.9 Å². The van der Waals surface area contributed by atoms with Crippen molar-refractivity contribution in [3.05, 3.63) is 24.3 Å². The van der Waals surface area contributed by atoms with Gasteiger partial charge in [-0.2, -0.15) is 4.52 Å². The molecule has 8 heteroatoms. The highest BCUT2D eigenvalue weighted by Gasteiger charge is 2.22. The van der Waals surface area contributed by atoms with E-state index in [9.17, 15) is 4.79 Å². The second-order valence-corrected chi connectivity index (χ2v) is 5.79. The van der Waals surface area contributed by atoms with Crippen molar-refractivity contribution in [3.63, 3.8) is 0 Å². The van der Waals surface area contributed by atoms with E-state index in [1.807, 2.05) is 29.2 Å². The van der Waals surface area contributed by atoms with E-state index in [1.54, 1.807) is 11.4 Å². The van der Waals surface area contributed by atoms with E-state index in [4.69, 9.17) is 0 Å². The Bertz CT molecular complexity index is 867. The van der Waals surface area contributed by atoms with Crippen molar-refractivity contribution in [2.24, 2.45) is 0 Å². The molecule has 1 N–H and O–H groups in total. The van der Waals surface area contributed by atoms with Crippen LogP contribution < -0.4 is 5.32 Å². The Morgan fingerprint density at radius 1 is 1.26 bits per heavy atom. The van der Waals surface area contributed by atoms with E-state index in [1.165, 1.54) is 0 Å². The first-order chi connectivity index (χ1) is 11.2. The molecule has 0 bridgehead atoms. The number of amides is 1. The van der Waals surface area contributed by atoms with Crippen LogP contribution in [0, 0.1) is 0 Å². The van der Waals surface area contributed by atoms with Gasteiger partial charge in [-0.3, -0.25) is 4.79 Å². The van der Waals surface area contributed by atoms with Gasteiger partial charge < -0.3 is 10.2 Å². The number of tetrazole rings is 1. The SMILES string of the molecule is CC(=O)N1CCC(Nc2nc3ccccc3n3nnnc23)CC1. The molecule has 0 saturated carbocycles. The number of carbonyl (C=O) groups excluding carboxylic acids is 1. The number of para-hydroxylation sites is 2. The molecule has 0 spiro atoms. The fraction of sp³-hybridized carbons (Fsp3) is 0.400. The number of anilines is 1. The van der Waals surface area contributed by atoms with Gasteiger partial charge in [-0.25, -0.2) is 4.98 Å². The van der Waals surface area contributed by atoms with Crippen LogP contribution in [0.4, 0.5) is 5.82 Å². The van der Waals surface area contributed by atoms with Crippen molar-refractivity contribution in [3.8, 4) is 0 Å². The molecule has 1 aliphatic rings. The standard InChI is InChI=1S/C15H17N7O/c1-10(23)21-8-6-11(7-9-21)16-14-15-18-19-20-22(15)13-5-3-2-4-12(13)17-14/h2-5,11H,6-9H2,1H3,(H,16,17). The van der Waals surface area contributed by atoms with Crippen LogP contribution in [0.15, 0.2) is 24.3 Å². The molecular weight excluding hydrogens is 294 g/mol. The van der Waals surface area contributed by atoms with Gasteiger partial charge in [-0.1, -0.05) is 12.1 Å². The zero-order valence-corrected chi connectivity index (χ0v) is 12.8. The monoisotopic (exact) mass is 311 g/mol. The summed E-state index contributed by atoms with van der Waals surface area (Å²) >= 11 is 0. The molecule has 8 nitrogen and oxygen atoms in total. The van der Waals surface area contributed by atoms with Crippen LogP contribution in [0.25, 0.3) is 16.7 Å². The van der Waals surface area contributed by atoms with Gasteiger partial charge in [-0.15, -0.1) is 5.10 Å². The molecule has 0 atom stereocenters. The minimum absolute atomic E-state index is 0.135. The van der Waals surface area contributed by atoms with Crippen LogP contribution in [-0.2, 0) is 4.79 Å². The Kier molecular flexibility index (Phi) is 3.29. The third-order valence-corrected chi connectivity index (χ3v) is 4.30. The topological polar surface area (TPSA) is 88.3 Å². The quantitative estimate of drug-likeness (QED) is 0.762. The first-order valence-corrected chi connectivity index (χ1v) is 7.71. The molecule has 1 aliphatic heterocycles. The third-order valence-electron chi connectivity index (χ3n) is 4.30. The van der Waals surface area contributed by atoms with E-state index >= 15 is 0 Å². The molecule has 0 unspecified atom stereocenters. The second-order valence-electron chi connectivity index (χ2n) is 5.79. The summed E-state index contributed by atoms with van der Waals surface area (Å²) in [6.07, 6.45) is 1.78. The molecule has 1 amide bonds. The van der Waals surface area contributed by atoms with E-state index in [2.05, 4.69) is 25.8 Å². The Balaban J connectivity index is 1.64. The maximum absolute atomic E-state index is 11.4. The van der Waals surface area contributed by atoms with Gasteiger partial charge in [-0.05, 0) is 35.4 Å². The summed E-state index contributed by atoms with van der Waals surface area (Å²) in [4.78, 5) is 18.0. The molecular formula is C15H17N7O. The number of hydrogen-bond donors (Lipinski definition) is 1.